The van der Waals surface area contributed by atoms with Gasteiger partial charge in [0.2, 0.25) is 11.8 Å². The van der Waals surface area contributed by atoms with Gasteiger partial charge in [-0.15, -0.1) is 11.3 Å². The molecule has 0 unspecified atom stereocenters. The second kappa shape index (κ2) is 10.9. The van der Waals surface area contributed by atoms with Gasteiger partial charge >= 0.3 is 0 Å². The maximum Gasteiger partial charge on any atom is 0.242 e. The Morgan fingerprint density at radius 2 is 1.81 bits per heavy atom. The Morgan fingerprint density at radius 3 is 2.50 bits per heavy atom. The lowest BCUT2D eigenvalue weighted by atomic mass is 10.00. The summed E-state index contributed by atoms with van der Waals surface area (Å²) in [5.41, 5.74) is 3.43. The summed E-state index contributed by atoms with van der Waals surface area (Å²) >= 11 is 1.75. The number of ether oxygens (including phenoxy) is 1. The van der Waals surface area contributed by atoms with E-state index in [2.05, 4.69) is 37.4 Å². The molecule has 1 aliphatic heterocycles. The number of carbonyl (C=O) groups excluding carboxylic acids is 2. The van der Waals surface area contributed by atoms with Crippen molar-refractivity contribution in [3.05, 3.63) is 87.6 Å². The normalized spacial score (nSPS) is 17.1. The molecule has 5 nitrogen and oxygen atoms in total. The van der Waals surface area contributed by atoms with Crippen LogP contribution in [0.25, 0.3) is 0 Å². The fourth-order valence-electron chi connectivity index (χ4n) is 4.91. The van der Waals surface area contributed by atoms with Crippen molar-refractivity contribution in [2.45, 2.75) is 57.5 Å². The molecule has 2 amide bonds. The highest BCUT2D eigenvalue weighted by atomic mass is 32.1. The Kier molecular flexibility index (Phi) is 7.42. The van der Waals surface area contributed by atoms with Gasteiger partial charge in [-0.2, -0.15) is 0 Å². The van der Waals surface area contributed by atoms with Gasteiger partial charge in [0.25, 0.3) is 0 Å². The minimum Gasteiger partial charge on any atom is -0.491 e. The van der Waals surface area contributed by atoms with Crippen LogP contribution in [0.2, 0.25) is 0 Å². The molecule has 2 heterocycles. The van der Waals surface area contributed by atoms with Crippen LogP contribution in [0, 0.1) is 0 Å². The van der Waals surface area contributed by atoms with Crippen molar-refractivity contribution < 1.29 is 14.3 Å². The van der Waals surface area contributed by atoms with Crippen molar-refractivity contribution in [2.75, 3.05) is 19.7 Å². The number of amides is 2. The average Bonchev–Trinajstić information content (AvgIpc) is 3.61. The highest BCUT2D eigenvalue weighted by molar-refractivity contribution is 7.10. The monoisotopic (exact) mass is 502 g/mol. The molecule has 1 fully saturated rings. The zero-order valence-corrected chi connectivity index (χ0v) is 21.9. The summed E-state index contributed by atoms with van der Waals surface area (Å²) in [5.74, 6) is 1.32. The van der Waals surface area contributed by atoms with Gasteiger partial charge in [-0.25, -0.2) is 0 Å². The molecule has 0 radical (unpaired) electrons. The first-order valence-corrected chi connectivity index (χ1v) is 13.8. The van der Waals surface area contributed by atoms with Crippen molar-refractivity contribution in [1.29, 1.82) is 0 Å². The first-order valence-electron chi connectivity index (χ1n) is 12.9. The fourth-order valence-corrected chi connectivity index (χ4v) is 5.84. The quantitative estimate of drug-likeness (QED) is 0.382. The van der Waals surface area contributed by atoms with Gasteiger partial charge in [-0.05, 0) is 65.4 Å². The van der Waals surface area contributed by atoms with Crippen LogP contribution >= 0.6 is 11.3 Å². The standard InChI is InChI=1S/C30H34N2O3S/c1-21(2)23-8-12-25(13-9-23)35-20-27-26-15-17-36-28(26)14-16-31(27)30(34)19-32(24-10-11-24)29(33)18-22-6-4-3-5-7-22/h3-9,12-13,15,17,21,24,27H,10-11,14,16,18-20H2,1-2H3/t27-/m0/s1. The van der Waals surface area contributed by atoms with Crippen molar-refractivity contribution in [3.63, 3.8) is 0 Å². The SMILES string of the molecule is CC(C)c1ccc(OC[C@H]2c3ccsc3CCN2C(=O)CN(C(=O)Cc2ccccc2)C2CC2)cc1. The van der Waals surface area contributed by atoms with E-state index in [1.165, 1.54) is 16.0 Å². The zero-order valence-electron chi connectivity index (χ0n) is 21.1. The molecular weight excluding hydrogens is 468 g/mol. The maximum atomic E-state index is 13.7. The Balaban J connectivity index is 1.29. The maximum absolute atomic E-state index is 13.7. The van der Waals surface area contributed by atoms with E-state index < -0.39 is 0 Å². The van der Waals surface area contributed by atoms with Crippen LogP contribution in [0.3, 0.4) is 0 Å². The molecular formula is C30H34N2O3S. The molecule has 6 heteroatoms. The Hall–Kier alpha value is -3.12. The third kappa shape index (κ3) is 5.65. The van der Waals surface area contributed by atoms with Crippen molar-refractivity contribution in [1.82, 2.24) is 9.80 Å². The van der Waals surface area contributed by atoms with E-state index in [0.29, 0.717) is 25.5 Å². The van der Waals surface area contributed by atoms with E-state index in [4.69, 9.17) is 4.74 Å². The third-order valence-corrected chi connectivity index (χ3v) is 8.18. The summed E-state index contributed by atoms with van der Waals surface area (Å²) < 4.78 is 6.21. The smallest absolute Gasteiger partial charge is 0.242 e. The van der Waals surface area contributed by atoms with Crippen LogP contribution in [-0.4, -0.2) is 47.4 Å². The van der Waals surface area contributed by atoms with Crippen LogP contribution in [0.4, 0.5) is 0 Å². The second-order valence-corrected chi connectivity index (χ2v) is 11.1. The lowest BCUT2D eigenvalue weighted by Gasteiger charge is -2.37. The molecule has 1 atom stereocenters. The van der Waals surface area contributed by atoms with E-state index in [9.17, 15) is 9.59 Å². The zero-order chi connectivity index (χ0) is 25.1. The number of thiophene rings is 1. The molecule has 1 saturated carbocycles. The number of hydrogen-bond donors (Lipinski definition) is 0. The van der Waals surface area contributed by atoms with Gasteiger partial charge in [0.15, 0.2) is 0 Å². The van der Waals surface area contributed by atoms with Crippen LogP contribution in [0.1, 0.15) is 60.2 Å². The van der Waals surface area contributed by atoms with Gasteiger partial charge < -0.3 is 14.5 Å². The molecule has 188 valence electrons. The number of nitrogens with zero attached hydrogens (tertiary/aromatic N) is 2. The van der Waals surface area contributed by atoms with Gasteiger partial charge in [0, 0.05) is 17.5 Å². The molecule has 0 spiro atoms. The minimum absolute atomic E-state index is 0.00363. The molecule has 3 aromatic rings. The highest BCUT2D eigenvalue weighted by Crippen LogP contribution is 2.35. The first kappa shape index (κ1) is 24.6. The lowest BCUT2D eigenvalue weighted by molar-refractivity contribution is -0.143. The van der Waals surface area contributed by atoms with E-state index in [-0.39, 0.29) is 30.4 Å². The average molecular weight is 503 g/mol. The van der Waals surface area contributed by atoms with E-state index in [1.54, 1.807) is 16.2 Å². The van der Waals surface area contributed by atoms with Crippen LogP contribution in [0.5, 0.6) is 5.75 Å². The van der Waals surface area contributed by atoms with Gasteiger partial charge in [0.05, 0.1) is 12.5 Å². The Labute approximate surface area is 217 Å². The predicted molar refractivity (Wildman–Crippen MR) is 143 cm³/mol. The van der Waals surface area contributed by atoms with Crippen molar-refractivity contribution >= 4 is 23.2 Å². The topological polar surface area (TPSA) is 49.9 Å². The van der Waals surface area contributed by atoms with Gasteiger partial charge in [-0.3, -0.25) is 9.59 Å². The van der Waals surface area contributed by atoms with Gasteiger partial charge in [-0.1, -0.05) is 56.3 Å². The highest BCUT2D eigenvalue weighted by Gasteiger charge is 2.37. The van der Waals surface area contributed by atoms with E-state index in [1.807, 2.05) is 47.4 Å². The summed E-state index contributed by atoms with van der Waals surface area (Å²) in [4.78, 5) is 31.9. The molecule has 5 rings (SSSR count). The summed E-state index contributed by atoms with van der Waals surface area (Å²) in [6, 6.07) is 20.2. The fraction of sp³-hybridized carbons (Fsp3) is 0.400. The first-order chi connectivity index (χ1) is 17.5. The minimum atomic E-state index is -0.150. The lowest BCUT2D eigenvalue weighted by Crippen LogP contribution is -2.48. The van der Waals surface area contributed by atoms with E-state index in [0.717, 1.165) is 30.6 Å². The summed E-state index contributed by atoms with van der Waals surface area (Å²) in [7, 11) is 0. The van der Waals surface area contributed by atoms with Gasteiger partial charge in [0.1, 0.15) is 18.9 Å². The molecule has 1 aromatic heterocycles. The molecule has 2 aromatic carbocycles. The number of benzene rings is 2. The second-order valence-electron chi connectivity index (χ2n) is 10.1. The molecule has 1 aliphatic carbocycles. The summed E-state index contributed by atoms with van der Waals surface area (Å²) in [5, 5.41) is 2.10. The number of fused-ring (bicyclic) bond motifs is 1. The van der Waals surface area contributed by atoms with Crippen LogP contribution in [-0.2, 0) is 22.4 Å². The Bertz CT molecular complexity index is 1180. The van der Waals surface area contributed by atoms with E-state index >= 15 is 0 Å². The predicted octanol–water partition coefficient (Wildman–Crippen LogP) is 5.61. The molecule has 0 saturated heterocycles. The Morgan fingerprint density at radius 1 is 1.06 bits per heavy atom. The third-order valence-electron chi connectivity index (χ3n) is 7.18. The number of rotatable bonds is 9. The van der Waals surface area contributed by atoms with Crippen molar-refractivity contribution in [3.8, 4) is 5.75 Å². The molecule has 2 aliphatic rings. The largest absolute Gasteiger partial charge is 0.491 e. The summed E-state index contributed by atoms with van der Waals surface area (Å²) in [6.07, 6.45) is 3.13. The molecule has 0 bridgehead atoms. The van der Waals surface area contributed by atoms with Crippen LogP contribution in [0.15, 0.2) is 66.0 Å². The van der Waals surface area contributed by atoms with Crippen molar-refractivity contribution in [2.24, 2.45) is 0 Å². The molecule has 0 N–H and O–H groups in total. The number of carbonyl (C=O) groups is 2. The number of hydrogen-bond acceptors (Lipinski definition) is 4. The summed E-state index contributed by atoms with van der Waals surface area (Å²) in [6.45, 7) is 5.54. The van der Waals surface area contributed by atoms with Crippen LogP contribution < -0.4 is 4.74 Å². The molecule has 36 heavy (non-hydrogen) atoms.